The van der Waals surface area contributed by atoms with Crippen molar-refractivity contribution in [3.05, 3.63) is 67.3 Å². The van der Waals surface area contributed by atoms with Crippen LogP contribution in [0.2, 0.25) is 0 Å². The lowest BCUT2D eigenvalue weighted by Gasteiger charge is -2.30. The monoisotopic (exact) mass is 400 g/mol. The van der Waals surface area contributed by atoms with Crippen LogP contribution in [0, 0.1) is 27.2 Å². The first-order chi connectivity index (χ1) is 13.9. The molecule has 2 N–H and O–H groups in total. The quantitative estimate of drug-likeness (QED) is 0.534. The first kappa shape index (κ1) is 20.5. The van der Waals surface area contributed by atoms with Crippen LogP contribution in [0.25, 0.3) is 0 Å². The van der Waals surface area contributed by atoms with Gasteiger partial charge in [0.05, 0.1) is 16.5 Å². The van der Waals surface area contributed by atoms with Gasteiger partial charge >= 0.3 is 5.69 Å². The Morgan fingerprint density at radius 1 is 1.07 bits per heavy atom. The number of rotatable bonds is 7. The zero-order valence-corrected chi connectivity index (χ0v) is 16.3. The van der Waals surface area contributed by atoms with E-state index in [2.05, 4.69) is 10.2 Å². The van der Waals surface area contributed by atoms with Crippen LogP contribution in [0.15, 0.2) is 30.3 Å². The van der Waals surface area contributed by atoms with Gasteiger partial charge in [0.25, 0.3) is 5.69 Å². The topological polar surface area (TPSA) is 122 Å². The van der Waals surface area contributed by atoms with Crippen LogP contribution in [-0.4, -0.2) is 28.0 Å². The number of nitro groups is 2. The van der Waals surface area contributed by atoms with Crippen LogP contribution >= 0.6 is 0 Å². The zero-order valence-electron chi connectivity index (χ0n) is 16.3. The second kappa shape index (κ2) is 8.87. The van der Waals surface area contributed by atoms with Gasteiger partial charge in [-0.15, -0.1) is 0 Å². The Morgan fingerprint density at radius 2 is 1.76 bits per heavy atom. The highest BCUT2D eigenvalue weighted by Crippen LogP contribution is 2.40. The van der Waals surface area contributed by atoms with Crippen LogP contribution in [-0.2, 0) is 13.2 Å². The first-order valence-electron chi connectivity index (χ1n) is 9.57. The molecule has 1 aliphatic heterocycles. The molecule has 0 aliphatic carbocycles. The molecule has 0 saturated carbocycles. The lowest BCUT2D eigenvalue weighted by molar-refractivity contribution is -0.392. The molecule has 29 heavy (non-hydrogen) atoms. The first-order valence-corrected chi connectivity index (χ1v) is 9.57. The second-order valence-electron chi connectivity index (χ2n) is 7.11. The predicted octanol–water partition coefficient (Wildman–Crippen LogP) is 3.91. The summed E-state index contributed by atoms with van der Waals surface area (Å²) in [5.74, 6) is 0. The average Bonchev–Trinajstić information content (AvgIpc) is 2.72. The third-order valence-corrected chi connectivity index (χ3v) is 5.33. The van der Waals surface area contributed by atoms with Crippen LogP contribution in [0.3, 0.4) is 0 Å². The molecular weight excluding hydrogens is 376 g/mol. The van der Waals surface area contributed by atoms with E-state index in [1.54, 1.807) is 0 Å². The van der Waals surface area contributed by atoms with Gasteiger partial charge in [0.2, 0.25) is 0 Å². The fourth-order valence-electron chi connectivity index (χ4n) is 3.80. The summed E-state index contributed by atoms with van der Waals surface area (Å²) >= 11 is 0. The van der Waals surface area contributed by atoms with Crippen LogP contribution in [0.1, 0.15) is 36.0 Å². The molecule has 0 amide bonds. The van der Waals surface area contributed by atoms with Gasteiger partial charge in [-0.05, 0) is 43.4 Å². The van der Waals surface area contributed by atoms with E-state index in [-0.39, 0.29) is 29.0 Å². The Balaban J connectivity index is 1.98. The molecule has 2 aromatic carbocycles. The van der Waals surface area contributed by atoms with Gasteiger partial charge in [-0.3, -0.25) is 20.2 Å². The summed E-state index contributed by atoms with van der Waals surface area (Å²) < 4.78 is 0. The van der Waals surface area contributed by atoms with Gasteiger partial charge in [0.15, 0.2) is 5.69 Å². The Kier molecular flexibility index (Phi) is 6.28. The number of aliphatic hydroxyl groups excluding tert-OH is 1. The number of hydrogen-bond acceptors (Lipinski definition) is 7. The Labute approximate surface area is 168 Å². The van der Waals surface area contributed by atoms with Crippen molar-refractivity contribution < 1.29 is 15.0 Å². The Hall–Kier alpha value is -3.20. The maximum absolute atomic E-state index is 11.7. The highest BCUT2D eigenvalue weighted by atomic mass is 16.6. The van der Waals surface area contributed by atoms with Crippen molar-refractivity contribution in [3.63, 3.8) is 0 Å². The van der Waals surface area contributed by atoms with Gasteiger partial charge in [-0.25, -0.2) is 0 Å². The molecule has 0 unspecified atom stereocenters. The minimum absolute atomic E-state index is 0.136. The molecule has 0 bridgehead atoms. The number of hydrogen-bond donors (Lipinski definition) is 2. The van der Waals surface area contributed by atoms with E-state index in [1.165, 1.54) is 19.4 Å². The highest BCUT2D eigenvalue weighted by Gasteiger charge is 2.30. The molecule has 0 atom stereocenters. The lowest BCUT2D eigenvalue weighted by Crippen LogP contribution is -2.30. The standard InChI is InChI=1S/C20H24N4O5/c1-14-16(13-25)11-18(23(26)27)19(20(14)24(28)29)21-12-15-7-3-4-8-17(15)22-9-5-2-6-10-22/h3-4,7-8,11,21,25H,2,5-6,9-10,12-13H2,1H3. The van der Waals surface area contributed by atoms with Crippen molar-refractivity contribution in [3.8, 4) is 0 Å². The average molecular weight is 400 g/mol. The van der Waals surface area contributed by atoms with Crippen molar-refractivity contribution in [1.82, 2.24) is 0 Å². The van der Waals surface area contributed by atoms with Crippen molar-refractivity contribution in [2.75, 3.05) is 23.3 Å². The normalized spacial score (nSPS) is 13.9. The molecule has 154 valence electrons. The highest BCUT2D eigenvalue weighted by molar-refractivity contribution is 5.78. The lowest BCUT2D eigenvalue weighted by atomic mass is 10.0. The maximum atomic E-state index is 11.7. The summed E-state index contributed by atoms with van der Waals surface area (Å²) in [6.45, 7) is 3.08. The molecule has 2 aromatic rings. The summed E-state index contributed by atoms with van der Waals surface area (Å²) in [4.78, 5) is 24.2. The van der Waals surface area contributed by atoms with E-state index in [1.807, 2.05) is 24.3 Å². The van der Waals surface area contributed by atoms with E-state index >= 15 is 0 Å². The molecule has 1 fully saturated rings. The zero-order chi connectivity index (χ0) is 21.0. The number of nitrogens with one attached hydrogen (secondary N) is 1. The van der Waals surface area contributed by atoms with Crippen molar-refractivity contribution in [2.24, 2.45) is 0 Å². The predicted molar refractivity (Wildman–Crippen MR) is 110 cm³/mol. The molecule has 3 rings (SSSR count). The maximum Gasteiger partial charge on any atom is 0.302 e. The number of nitro benzene ring substituents is 2. The molecule has 1 aliphatic rings. The van der Waals surface area contributed by atoms with Crippen molar-refractivity contribution >= 4 is 22.7 Å². The third-order valence-electron chi connectivity index (χ3n) is 5.33. The minimum Gasteiger partial charge on any atom is -0.392 e. The minimum atomic E-state index is -0.662. The number of benzene rings is 2. The summed E-state index contributed by atoms with van der Waals surface area (Å²) in [6, 6.07) is 8.95. The molecule has 9 heteroatoms. The van der Waals surface area contributed by atoms with Gasteiger partial charge < -0.3 is 15.3 Å². The van der Waals surface area contributed by atoms with E-state index in [0.717, 1.165) is 37.2 Å². The number of para-hydroxylation sites is 1. The number of aliphatic hydroxyl groups is 1. The van der Waals surface area contributed by atoms with Gasteiger partial charge in [-0.1, -0.05) is 18.2 Å². The van der Waals surface area contributed by atoms with Gasteiger partial charge in [-0.2, -0.15) is 0 Å². The number of anilines is 2. The Bertz CT molecular complexity index is 925. The van der Waals surface area contributed by atoms with E-state index in [9.17, 15) is 25.3 Å². The van der Waals surface area contributed by atoms with E-state index in [4.69, 9.17) is 0 Å². The van der Waals surface area contributed by atoms with Crippen LogP contribution in [0.5, 0.6) is 0 Å². The summed E-state index contributed by atoms with van der Waals surface area (Å²) in [7, 11) is 0. The van der Waals surface area contributed by atoms with Crippen molar-refractivity contribution in [1.29, 1.82) is 0 Å². The van der Waals surface area contributed by atoms with E-state index in [0.29, 0.717) is 0 Å². The van der Waals surface area contributed by atoms with Gasteiger partial charge in [0, 0.05) is 37.0 Å². The smallest absolute Gasteiger partial charge is 0.302 e. The molecular formula is C20H24N4O5. The summed E-state index contributed by atoms with van der Waals surface area (Å²) in [5.41, 5.74) is 1.41. The fraction of sp³-hybridized carbons (Fsp3) is 0.400. The van der Waals surface area contributed by atoms with E-state index < -0.39 is 22.1 Å². The third kappa shape index (κ3) is 4.29. The number of piperidine rings is 1. The molecule has 0 aromatic heterocycles. The molecule has 0 spiro atoms. The molecule has 9 nitrogen and oxygen atoms in total. The van der Waals surface area contributed by atoms with Crippen molar-refractivity contribution in [2.45, 2.75) is 39.3 Å². The second-order valence-corrected chi connectivity index (χ2v) is 7.11. The summed E-state index contributed by atoms with van der Waals surface area (Å²) in [6.07, 6.45) is 3.42. The largest absolute Gasteiger partial charge is 0.392 e. The summed E-state index contributed by atoms with van der Waals surface area (Å²) in [5, 5.41) is 35.6. The Morgan fingerprint density at radius 3 is 2.38 bits per heavy atom. The molecule has 1 heterocycles. The SMILES string of the molecule is Cc1c(CO)cc([N+](=O)[O-])c(NCc2ccccc2N2CCCCC2)c1[N+](=O)[O-]. The van der Waals surface area contributed by atoms with Crippen LogP contribution in [0.4, 0.5) is 22.7 Å². The molecule has 1 saturated heterocycles. The van der Waals surface area contributed by atoms with Gasteiger partial charge in [0.1, 0.15) is 0 Å². The fourth-order valence-corrected chi connectivity index (χ4v) is 3.80. The number of nitrogens with zero attached hydrogens (tertiary/aromatic N) is 3. The van der Waals surface area contributed by atoms with Crippen LogP contribution < -0.4 is 10.2 Å². The molecule has 0 radical (unpaired) electrons.